The van der Waals surface area contributed by atoms with E-state index in [0.29, 0.717) is 0 Å². The van der Waals surface area contributed by atoms with Gasteiger partial charge in [0.25, 0.3) is 5.91 Å². The Morgan fingerprint density at radius 2 is 1.78 bits per heavy atom. The van der Waals surface area contributed by atoms with Gasteiger partial charge in [0, 0.05) is 37.1 Å². The zero-order valence-corrected chi connectivity index (χ0v) is 13.4. The molecule has 1 aliphatic rings. The van der Waals surface area contributed by atoms with Crippen LogP contribution in [0.15, 0.2) is 48.8 Å². The molecule has 1 fully saturated rings. The fraction of sp³-hybridized carbons (Fsp3) is 0.389. The van der Waals surface area contributed by atoms with Crippen LogP contribution < -0.4 is 5.32 Å². The van der Waals surface area contributed by atoms with Gasteiger partial charge in [-0.05, 0) is 38.0 Å². The molecule has 0 radical (unpaired) electrons. The average molecular weight is 310 g/mol. The van der Waals surface area contributed by atoms with Gasteiger partial charge in [-0.15, -0.1) is 0 Å². The van der Waals surface area contributed by atoms with E-state index in [9.17, 15) is 4.79 Å². The van der Waals surface area contributed by atoms with Gasteiger partial charge in [-0.2, -0.15) is 0 Å². The summed E-state index contributed by atoms with van der Waals surface area (Å²) in [4.78, 5) is 23.3. The van der Waals surface area contributed by atoms with Gasteiger partial charge in [0.2, 0.25) is 0 Å². The van der Waals surface area contributed by atoms with Crippen molar-refractivity contribution in [2.24, 2.45) is 0 Å². The van der Waals surface area contributed by atoms with Crippen LogP contribution in [0.4, 0.5) is 0 Å². The van der Waals surface area contributed by atoms with Gasteiger partial charge in [-0.1, -0.05) is 18.2 Å². The third kappa shape index (κ3) is 3.93. The molecule has 5 nitrogen and oxygen atoms in total. The maximum Gasteiger partial charge on any atom is 0.251 e. The molecule has 0 saturated carbocycles. The lowest BCUT2D eigenvalue weighted by Crippen LogP contribution is -2.45. The van der Waals surface area contributed by atoms with Crippen molar-refractivity contribution >= 4 is 5.91 Å². The Kier molecular flexibility index (Phi) is 4.98. The van der Waals surface area contributed by atoms with Crippen LogP contribution in [0.25, 0.3) is 0 Å². The summed E-state index contributed by atoms with van der Waals surface area (Å²) < 4.78 is 0. The number of nitrogens with zero attached hydrogens (tertiary/aromatic N) is 3. The molecule has 0 spiro atoms. The number of hydrogen-bond donors (Lipinski definition) is 1. The molecule has 1 amide bonds. The second kappa shape index (κ2) is 7.33. The number of hydrogen-bond acceptors (Lipinski definition) is 4. The number of likely N-dealkylation sites (tertiary alicyclic amines) is 1. The fourth-order valence-electron chi connectivity index (χ4n) is 2.98. The van der Waals surface area contributed by atoms with E-state index < -0.39 is 0 Å². The predicted octanol–water partition coefficient (Wildman–Crippen LogP) is 2.43. The van der Waals surface area contributed by atoms with Crippen LogP contribution in [0, 0.1) is 0 Å². The van der Waals surface area contributed by atoms with E-state index >= 15 is 0 Å². The number of nitrogens with one attached hydrogen (secondary N) is 1. The highest BCUT2D eigenvalue weighted by Gasteiger charge is 2.25. The number of rotatable bonds is 4. The molecule has 23 heavy (non-hydrogen) atoms. The van der Waals surface area contributed by atoms with Gasteiger partial charge in [-0.3, -0.25) is 9.69 Å². The van der Waals surface area contributed by atoms with Crippen molar-refractivity contribution < 1.29 is 4.79 Å². The van der Waals surface area contributed by atoms with E-state index in [2.05, 4.69) is 27.1 Å². The van der Waals surface area contributed by atoms with E-state index in [4.69, 9.17) is 0 Å². The highest BCUT2D eigenvalue weighted by atomic mass is 16.1. The van der Waals surface area contributed by atoms with Crippen LogP contribution >= 0.6 is 0 Å². The first-order valence-corrected chi connectivity index (χ1v) is 8.11. The van der Waals surface area contributed by atoms with Crippen molar-refractivity contribution in [2.75, 3.05) is 13.1 Å². The van der Waals surface area contributed by atoms with Crippen LogP contribution in [-0.4, -0.2) is 39.9 Å². The van der Waals surface area contributed by atoms with Gasteiger partial charge in [0.1, 0.15) is 5.82 Å². The van der Waals surface area contributed by atoms with Gasteiger partial charge < -0.3 is 5.32 Å². The average Bonchev–Trinajstić information content (AvgIpc) is 2.63. The molecule has 5 heteroatoms. The molecule has 0 bridgehead atoms. The van der Waals surface area contributed by atoms with Crippen molar-refractivity contribution in [3.05, 3.63) is 60.2 Å². The minimum atomic E-state index is 0.0171. The highest BCUT2D eigenvalue weighted by molar-refractivity contribution is 5.94. The molecule has 0 aliphatic carbocycles. The Hall–Kier alpha value is -2.27. The first-order chi connectivity index (χ1) is 11.2. The molecule has 2 aromatic rings. The Bertz CT molecular complexity index is 624. The molecule has 3 rings (SSSR count). The van der Waals surface area contributed by atoms with E-state index in [1.165, 1.54) is 0 Å². The number of benzene rings is 1. The summed E-state index contributed by atoms with van der Waals surface area (Å²) in [6.07, 6.45) is 5.48. The summed E-state index contributed by atoms with van der Waals surface area (Å²) in [5.41, 5.74) is 0.723. The Morgan fingerprint density at radius 1 is 1.13 bits per heavy atom. The summed E-state index contributed by atoms with van der Waals surface area (Å²) in [6.45, 7) is 4.02. The third-order valence-electron chi connectivity index (χ3n) is 4.41. The molecule has 2 heterocycles. The van der Waals surface area contributed by atoms with E-state index in [1.807, 2.05) is 36.4 Å². The first kappa shape index (κ1) is 15.6. The molecule has 1 aromatic carbocycles. The van der Waals surface area contributed by atoms with Crippen molar-refractivity contribution in [3.63, 3.8) is 0 Å². The first-order valence-electron chi connectivity index (χ1n) is 8.11. The largest absolute Gasteiger partial charge is 0.349 e. The summed E-state index contributed by atoms with van der Waals surface area (Å²) in [6, 6.07) is 11.7. The lowest BCUT2D eigenvalue weighted by Gasteiger charge is -2.35. The smallest absolute Gasteiger partial charge is 0.251 e. The monoisotopic (exact) mass is 310 g/mol. The van der Waals surface area contributed by atoms with Gasteiger partial charge in [0.05, 0.1) is 6.04 Å². The zero-order chi connectivity index (χ0) is 16.1. The van der Waals surface area contributed by atoms with Crippen molar-refractivity contribution in [3.8, 4) is 0 Å². The van der Waals surface area contributed by atoms with E-state index in [-0.39, 0.29) is 18.0 Å². The molecule has 120 valence electrons. The molecular formula is C18H22N4O. The molecule has 1 atom stereocenters. The minimum Gasteiger partial charge on any atom is -0.349 e. The Labute approximate surface area is 136 Å². The molecule has 1 N–H and O–H groups in total. The van der Waals surface area contributed by atoms with Crippen molar-refractivity contribution in [1.82, 2.24) is 20.2 Å². The molecule has 1 unspecified atom stereocenters. The van der Waals surface area contributed by atoms with Gasteiger partial charge in [-0.25, -0.2) is 9.97 Å². The quantitative estimate of drug-likeness (QED) is 0.942. The summed E-state index contributed by atoms with van der Waals surface area (Å²) >= 11 is 0. The van der Waals surface area contributed by atoms with E-state index in [0.717, 1.165) is 37.3 Å². The van der Waals surface area contributed by atoms with Crippen LogP contribution in [0.1, 0.15) is 42.0 Å². The van der Waals surface area contributed by atoms with Crippen LogP contribution in [0.5, 0.6) is 0 Å². The predicted molar refractivity (Wildman–Crippen MR) is 89.0 cm³/mol. The molecular weight excluding hydrogens is 288 g/mol. The SMILES string of the molecule is CC(c1ncccn1)N1CCC(NC(=O)c2ccccc2)CC1. The Balaban J connectivity index is 1.52. The maximum absolute atomic E-state index is 12.2. The second-order valence-electron chi connectivity index (χ2n) is 5.93. The number of amides is 1. The van der Waals surface area contributed by atoms with Crippen LogP contribution in [0.2, 0.25) is 0 Å². The maximum atomic E-state index is 12.2. The number of carbonyl (C=O) groups is 1. The zero-order valence-electron chi connectivity index (χ0n) is 13.4. The fourth-order valence-corrected chi connectivity index (χ4v) is 2.98. The second-order valence-corrected chi connectivity index (χ2v) is 5.93. The summed E-state index contributed by atoms with van der Waals surface area (Å²) in [5, 5.41) is 3.14. The highest BCUT2D eigenvalue weighted by Crippen LogP contribution is 2.21. The molecule has 1 aliphatic heterocycles. The van der Waals surface area contributed by atoms with Crippen molar-refractivity contribution in [2.45, 2.75) is 31.8 Å². The summed E-state index contributed by atoms with van der Waals surface area (Å²) in [5.74, 6) is 0.878. The minimum absolute atomic E-state index is 0.0171. The molecule has 1 saturated heterocycles. The standard InChI is InChI=1S/C18H22N4O/c1-14(17-19-10-5-11-20-17)22-12-8-16(9-13-22)21-18(23)15-6-3-2-4-7-15/h2-7,10-11,14,16H,8-9,12-13H2,1H3,(H,21,23). The normalized spacial score (nSPS) is 17.6. The molecule has 1 aromatic heterocycles. The third-order valence-corrected chi connectivity index (χ3v) is 4.41. The number of piperidine rings is 1. The van der Waals surface area contributed by atoms with Crippen LogP contribution in [0.3, 0.4) is 0 Å². The van der Waals surface area contributed by atoms with E-state index in [1.54, 1.807) is 12.4 Å². The van der Waals surface area contributed by atoms with Crippen LogP contribution in [-0.2, 0) is 0 Å². The van der Waals surface area contributed by atoms with Gasteiger partial charge in [0.15, 0.2) is 0 Å². The Morgan fingerprint density at radius 3 is 2.43 bits per heavy atom. The summed E-state index contributed by atoms with van der Waals surface area (Å²) in [7, 11) is 0. The lowest BCUT2D eigenvalue weighted by atomic mass is 10.0. The lowest BCUT2D eigenvalue weighted by molar-refractivity contribution is 0.0893. The van der Waals surface area contributed by atoms with Crippen molar-refractivity contribution in [1.29, 1.82) is 0 Å². The van der Waals surface area contributed by atoms with Gasteiger partial charge >= 0.3 is 0 Å². The number of carbonyl (C=O) groups excluding carboxylic acids is 1. The number of aromatic nitrogens is 2. The topological polar surface area (TPSA) is 58.1 Å².